The zero-order chi connectivity index (χ0) is 17.6. The minimum Gasteiger partial charge on any atom is -0.351 e. The van der Waals surface area contributed by atoms with E-state index in [2.05, 4.69) is 29.2 Å². The third-order valence-corrected chi connectivity index (χ3v) is 3.93. The number of carbonyl (C=O) groups is 1. The average molecular weight is 334 g/mol. The van der Waals surface area contributed by atoms with Gasteiger partial charge in [-0.2, -0.15) is 5.10 Å². The molecular weight excluding hydrogens is 312 g/mol. The second kappa shape index (κ2) is 7.75. The van der Waals surface area contributed by atoms with Crippen molar-refractivity contribution in [2.75, 3.05) is 6.54 Å². The van der Waals surface area contributed by atoms with E-state index in [1.807, 2.05) is 48.5 Å². The maximum absolute atomic E-state index is 12.5. The number of aromatic nitrogens is 3. The summed E-state index contributed by atoms with van der Waals surface area (Å²) in [6, 6.07) is 15.5. The van der Waals surface area contributed by atoms with E-state index >= 15 is 0 Å². The molecule has 3 rings (SSSR count). The number of pyridine rings is 1. The molecule has 0 saturated carbocycles. The van der Waals surface area contributed by atoms with E-state index in [-0.39, 0.29) is 5.91 Å². The SMILES string of the molecule is CC(C)CCNC(=O)c1cc(-c2ccncc2)n(-c2ccccc2)n1. The smallest absolute Gasteiger partial charge is 0.271 e. The van der Waals surface area contributed by atoms with Crippen molar-refractivity contribution < 1.29 is 4.79 Å². The summed E-state index contributed by atoms with van der Waals surface area (Å²) in [6.07, 6.45) is 4.42. The summed E-state index contributed by atoms with van der Waals surface area (Å²) in [4.78, 5) is 16.5. The van der Waals surface area contributed by atoms with Crippen LogP contribution in [-0.2, 0) is 0 Å². The first-order valence-electron chi connectivity index (χ1n) is 8.49. The van der Waals surface area contributed by atoms with Crippen LogP contribution in [0.3, 0.4) is 0 Å². The molecule has 25 heavy (non-hydrogen) atoms. The average Bonchev–Trinajstić information content (AvgIpc) is 3.08. The highest BCUT2D eigenvalue weighted by molar-refractivity contribution is 5.93. The lowest BCUT2D eigenvalue weighted by molar-refractivity contribution is 0.0946. The predicted octanol–water partition coefficient (Wildman–Crippen LogP) is 3.71. The van der Waals surface area contributed by atoms with Gasteiger partial charge in [0.25, 0.3) is 5.91 Å². The summed E-state index contributed by atoms with van der Waals surface area (Å²) in [7, 11) is 0. The molecule has 5 nitrogen and oxygen atoms in total. The van der Waals surface area contributed by atoms with Gasteiger partial charge in [-0.3, -0.25) is 9.78 Å². The fourth-order valence-electron chi connectivity index (χ4n) is 2.55. The molecule has 1 aromatic carbocycles. The number of nitrogens with one attached hydrogen (secondary N) is 1. The third-order valence-electron chi connectivity index (χ3n) is 3.93. The Morgan fingerprint density at radius 1 is 1.12 bits per heavy atom. The molecule has 0 radical (unpaired) electrons. The zero-order valence-corrected chi connectivity index (χ0v) is 14.5. The fourth-order valence-corrected chi connectivity index (χ4v) is 2.55. The first kappa shape index (κ1) is 16.9. The summed E-state index contributed by atoms with van der Waals surface area (Å²) in [6.45, 7) is 4.93. The third kappa shape index (κ3) is 4.12. The number of benzene rings is 1. The Morgan fingerprint density at radius 2 is 1.84 bits per heavy atom. The van der Waals surface area contributed by atoms with Crippen LogP contribution in [0.4, 0.5) is 0 Å². The monoisotopic (exact) mass is 334 g/mol. The zero-order valence-electron chi connectivity index (χ0n) is 14.5. The van der Waals surface area contributed by atoms with Gasteiger partial charge in [0.15, 0.2) is 5.69 Å². The Bertz CT molecular complexity index is 768. The van der Waals surface area contributed by atoms with Crippen LogP contribution in [0.2, 0.25) is 0 Å². The lowest BCUT2D eigenvalue weighted by Gasteiger charge is -2.07. The summed E-state index contributed by atoms with van der Waals surface area (Å²) in [5, 5.41) is 7.49. The number of hydrogen-bond donors (Lipinski definition) is 1. The van der Waals surface area contributed by atoms with Crippen molar-refractivity contribution in [3.05, 3.63) is 66.6 Å². The number of nitrogens with zero attached hydrogens (tertiary/aromatic N) is 3. The molecule has 3 aromatic rings. The highest BCUT2D eigenvalue weighted by Crippen LogP contribution is 2.23. The highest BCUT2D eigenvalue weighted by Gasteiger charge is 2.16. The van der Waals surface area contributed by atoms with Crippen LogP contribution in [-0.4, -0.2) is 27.2 Å². The van der Waals surface area contributed by atoms with Gasteiger partial charge in [0.1, 0.15) is 0 Å². The van der Waals surface area contributed by atoms with E-state index in [1.165, 1.54) is 0 Å². The fraction of sp³-hybridized carbons (Fsp3) is 0.250. The molecule has 0 fully saturated rings. The van der Waals surface area contributed by atoms with E-state index in [0.29, 0.717) is 18.2 Å². The van der Waals surface area contributed by atoms with Gasteiger partial charge in [0.05, 0.1) is 11.4 Å². The van der Waals surface area contributed by atoms with Crippen LogP contribution in [0.5, 0.6) is 0 Å². The molecule has 1 N–H and O–H groups in total. The van der Waals surface area contributed by atoms with Crippen LogP contribution in [0.15, 0.2) is 60.9 Å². The molecule has 2 heterocycles. The highest BCUT2D eigenvalue weighted by atomic mass is 16.1. The molecule has 128 valence electrons. The minimum absolute atomic E-state index is 0.148. The van der Waals surface area contributed by atoms with E-state index in [9.17, 15) is 4.79 Å². The second-order valence-electron chi connectivity index (χ2n) is 6.34. The van der Waals surface area contributed by atoms with Gasteiger partial charge in [-0.25, -0.2) is 4.68 Å². The van der Waals surface area contributed by atoms with Crippen LogP contribution in [0.1, 0.15) is 30.8 Å². The van der Waals surface area contributed by atoms with E-state index in [1.54, 1.807) is 17.1 Å². The lowest BCUT2D eigenvalue weighted by Crippen LogP contribution is -2.25. The lowest BCUT2D eigenvalue weighted by atomic mass is 10.1. The standard InChI is InChI=1S/C20H22N4O/c1-15(2)8-13-22-20(25)18-14-19(16-9-11-21-12-10-16)24(23-18)17-6-4-3-5-7-17/h3-7,9-12,14-15H,8,13H2,1-2H3,(H,22,25). The van der Waals surface area contributed by atoms with Gasteiger partial charge < -0.3 is 5.32 Å². The molecule has 0 bridgehead atoms. The molecule has 0 aliphatic heterocycles. The van der Waals surface area contributed by atoms with Gasteiger partial charge in [0.2, 0.25) is 0 Å². The van der Waals surface area contributed by atoms with Crippen LogP contribution < -0.4 is 5.32 Å². The number of carbonyl (C=O) groups excluding carboxylic acids is 1. The van der Waals surface area contributed by atoms with E-state index in [0.717, 1.165) is 23.4 Å². The Balaban J connectivity index is 1.94. The van der Waals surface area contributed by atoms with Crippen molar-refractivity contribution in [2.24, 2.45) is 5.92 Å². The predicted molar refractivity (Wildman–Crippen MR) is 98.6 cm³/mol. The quantitative estimate of drug-likeness (QED) is 0.747. The van der Waals surface area contributed by atoms with Crippen molar-refractivity contribution >= 4 is 5.91 Å². The van der Waals surface area contributed by atoms with E-state index in [4.69, 9.17) is 0 Å². The molecule has 2 aromatic heterocycles. The van der Waals surface area contributed by atoms with Crippen LogP contribution in [0.25, 0.3) is 16.9 Å². The summed E-state index contributed by atoms with van der Waals surface area (Å²) >= 11 is 0. The minimum atomic E-state index is -0.148. The molecular formula is C20H22N4O. The maximum Gasteiger partial charge on any atom is 0.271 e. The Kier molecular flexibility index (Phi) is 5.23. The van der Waals surface area contributed by atoms with Crippen molar-refractivity contribution in [3.8, 4) is 16.9 Å². The maximum atomic E-state index is 12.5. The normalized spacial score (nSPS) is 10.8. The van der Waals surface area contributed by atoms with Crippen LogP contribution in [0, 0.1) is 5.92 Å². The number of para-hydroxylation sites is 1. The van der Waals surface area contributed by atoms with Gasteiger partial charge in [-0.05, 0) is 42.7 Å². The van der Waals surface area contributed by atoms with Gasteiger partial charge >= 0.3 is 0 Å². The number of amides is 1. The van der Waals surface area contributed by atoms with Crippen molar-refractivity contribution in [2.45, 2.75) is 20.3 Å². The molecule has 0 atom stereocenters. The van der Waals surface area contributed by atoms with Crippen molar-refractivity contribution in [1.82, 2.24) is 20.1 Å². The molecule has 0 aliphatic carbocycles. The van der Waals surface area contributed by atoms with E-state index < -0.39 is 0 Å². The Labute approximate surface area is 147 Å². The summed E-state index contributed by atoms with van der Waals surface area (Å²) < 4.78 is 1.80. The molecule has 0 saturated heterocycles. The topological polar surface area (TPSA) is 59.8 Å². The number of rotatable bonds is 6. The molecule has 0 unspecified atom stereocenters. The van der Waals surface area contributed by atoms with Crippen molar-refractivity contribution in [1.29, 1.82) is 0 Å². The Hall–Kier alpha value is -2.95. The largest absolute Gasteiger partial charge is 0.351 e. The summed E-state index contributed by atoms with van der Waals surface area (Å²) in [5.41, 5.74) is 3.16. The van der Waals surface area contributed by atoms with Gasteiger partial charge in [0, 0.05) is 24.5 Å². The molecule has 0 spiro atoms. The molecule has 0 aliphatic rings. The first-order valence-corrected chi connectivity index (χ1v) is 8.49. The number of hydrogen-bond acceptors (Lipinski definition) is 3. The molecule has 5 heteroatoms. The van der Waals surface area contributed by atoms with Crippen molar-refractivity contribution in [3.63, 3.8) is 0 Å². The molecule has 1 amide bonds. The van der Waals surface area contributed by atoms with Gasteiger partial charge in [-0.1, -0.05) is 32.0 Å². The van der Waals surface area contributed by atoms with Crippen LogP contribution >= 0.6 is 0 Å². The first-order chi connectivity index (χ1) is 12.1. The van der Waals surface area contributed by atoms with Gasteiger partial charge in [-0.15, -0.1) is 0 Å². The Morgan fingerprint density at radius 3 is 2.52 bits per heavy atom. The second-order valence-corrected chi connectivity index (χ2v) is 6.34. The summed E-state index contributed by atoms with van der Waals surface area (Å²) in [5.74, 6) is 0.403.